The Kier molecular flexibility index (Phi) is 3.10. The third-order valence-electron chi connectivity index (χ3n) is 2.17. The van der Waals surface area contributed by atoms with Crippen LogP contribution in [0.1, 0.15) is 23.6 Å². The first kappa shape index (κ1) is 11.0. The predicted octanol–water partition coefficient (Wildman–Crippen LogP) is 3.04. The number of carbonyl (C=O) groups is 1. The molecule has 16 heavy (non-hydrogen) atoms. The molecule has 0 amide bonds. The van der Waals surface area contributed by atoms with E-state index in [-0.39, 0.29) is 11.7 Å². The van der Waals surface area contributed by atoms with E-state index >= 15 is 0 Å². The Hall–Kier alpha value is -1.55. The minimum atomic E-state index is -0.0114. The molecule has 0 aliphatic rings. The molecule has 2 aromatic rings. The summed E-state index contributed by atoms with van der Waals surface area (Å²) in [5.41, 5.74) is 1.58. The molecule has 2 aromatic heterocycles. The maximum atomic E-state index is 11.7. The van der Waals surface area contributed by atoms with Crippen LogP contribution in [0.25, 0.3) is 11.4 Å². The Morgan fingerprint density at radius 2 is 2.12 bits per heavy atom. The van der Waals surface area contributed by atoms with Gasteiger partial charge in [-0.2, -0.15) is 0 Å². The van der Waals surface area contributed by atoms with Crippen molar-refractivity contribution in [1.82, 2.24) is 9.97 Å². The van der Waals surface area contributed by atoms with Crippen LogP contribution in [0, 0.1) is 5.92 Å². The van der Waals surface area contributed by atoms with Crippen LogP contribution in [0.2, 0.25) is 0 Å². The van der Waals surface area contributed by atoms with Gasteiger partial charge in [-0.25, -0.2) is 4.98 Å². The SMILES string of the molecule is CC(C)C(=O)c1nc(-c2ccccn2)cs1. The highest BCUT2D eigenvalue weighted by atomic mass is 32.1. The quantitative estimate of drug-likeness (QED) is 0.764. The minimum absolute atomic E-state index is 0.0114. The molecular formula is C12H12N2OS. The van der Waals surface area contributed by atoms with Crippen LogP contribution in [0.5, 0.6) is 0 Å². The van der Waals surface area contributed by atoms with Gasteiger partial charge in [-0.3, -0.25) is 9.78 Å². The summed E-state index contributed by atoms with van der Waals surface area (Å²) < 4.78 is 0. The van der Waals surface area contributed by atoms with Crippen molar-refractivity contribution < 1.29 is 4.79 Å². The predicted molar refractivity (Wildman–Crippen MR) is 64.5 cm³/mol. The van der Waals surface area contributed by atoms with Gasteiger partial charge in [0.25, 0.3) is 0 Å². The number of ketones is 1. The zero-order chi connectivity index (χ0) is 11.5. The number of hydrogen-bond acceptors (Lipinski definition) is 4. The van der Waals surface area contributed by atoms with Crippen LogP contribution in [-0.2, 0) is 0 Å². The van der Waals surface area contributed by atoms with Crippen molar-refractivity contribution in [3.63, 3.8) is 0 Å². The molecule has 0 aromatic carbocycles. The third kappa shape index (κ3) is 2.17. The highest BCUT2D eigenvalue weighted by Crippen LogP contribution is 2.21. The van der Waals surface area contributed by atoms with E-state index in [1.165, 1.54) is 11.3 Å². The fourth-order valence-corrected chi connectivity index (χ4v) is 2.17. The van der Waals surface area contributed by atoms with E-state index in [4.69, 9.17) is 0 Å². The largest absolute Gasteiger partial charge is 0.291 e. The fourth-order valence-electron chi connectivity index (χ4n) is 1.27. The highest BCUT2D eigenvalue weighted by Gasteiger charge is 2.15. The molecule has 0 unspecified atom stereocenters. The van der Waals surface area contributed by atoms with Crippen LogP contribution in [0.15, 0.2) is 29.8 Å². The molecule has 0 fully saturated rings. The summed E-state index contributed by atoms with van der Waals surface area (Å²) in [5.74, 6) is 0.0786. The van der Waals surface area contributed by atoms with Crippen molar-refractivity contribution in [2.45, 2.75) is 13.8 Å². The molecule has 3 nitrogen and oxygen atoms in total. The van der Waals surface area contributed by atoms with Crippen LogP contribution >= 0.6 is 11.3 Å². The van der Waals surface area contributed by atoms with Crippen LogP contribution in [0.4, 0.5) is 0 Å². The lowest BCUT2D eigenvalue weighted by Crippen LogP contribution is -2.06. The minimum Gasteiger partial charge on any atom is -0.291 e. The van der Waals surface area contributed by atoms with Gasteiger partial charge >= 0.3 is 0 Å². The summed E-state index contributed by atoms with van der Waals surface area (Å²) in [5, 5.41) is 2.44. The van der Waals surface area contributed by atoms with Gasteiger partial charge in [-0.15, -0.1) is 11.3 Å². The second-order valence-electron chi connectivity index (χ2n) is 3.77. The lowest BCUT2D eigenvalue weighted by Gasteiger charge is -1.98. The number of thiazole rings is 1. The average molecular weight is 232 g/mol. The van der Waals surface area contributed by atoms with Gasteiger partial charge in [0.05, 0.1) is 5.69 Å². The third-order valence-corrected chi connectivity index (χ3v) is 3.02. The van der Waals surface area contributed by atoms with Crippen LogP contribution in [-0.4, -0.2) is 15.8 Å². The summed E-state index contributed by atoms with van der Waals surface area (Å²) in [4.78, 5) is 20.2. The first-order valence-corrected chi connectivity index (χ1v) is 5.97. The summed E-state index contributed by atoms with van der Waals surface area (Å²) in [7, 11) is 0. The maximum Gasteiger partial charge on any atom is 0.193 e. The van der Waals surface area contributed by atoms with Crippen LogP contribution < -0.4 is 0 Å². The number of nitrogens with zero attached hydrogens (tertiary/aromatic N) is 2. The lowest BCUT2D eigenvalue weighted by atomic mass is 10.1. The normalized spacial score (nSPS) is 10.7. The van der Waals surface area contributed by atoms with E-state index in [0.717, 1.165) is 11.4 Å². The molecule has 0 saturated heterocycles. The van der Waals surface area contributed by atoms with Crippen LogP contribution in [0.3, 0.4) is 0 Å². The average Bonchev–Trinajstić information content (AvgIpc) is 2.78. The number of aromatic nitrogens is 2. The number of hydrogen-bond donors (Lipinski definition) is 0. The molecule has 2 heterocycles. The van der Waals surface area contributed by atoms with E-state index in [2.05, 4.69) is 9.97 Å². The molecule has 2 rings (SSSR count). The van der Waals surface area contributed by atoms with Gasteiger partial charge in [0, 0.05) is 17.5 Å². The molecule has 0 N–H and O–H groups in total. The monoisotopic (exact) mass is 232 g/mol. The maximum absolute atomic E-state index is 11.7. The number of rotatable bonds is 3. The first-order chi connectivity index (χ1) is 7.68. The van der Waals surface area contributed by atoms with E-state index in [1.54, 1.807) is 6.20 Å². The van der Waals surface area contributed by atoms with E-state index in [9.17, 15) is 4.79 Å². The molecule has 0 aliphatic carbocycles. The smallest absolute Gasteiger partial charge is 0.193 e. The van der Waals surface area contributed by atoms with E-state index in [0.29, 0.717) is 5.01 Å². The molecule has 0 saturated carbocycles. The summed E-state index contributed by atoms with van der Waals surface area (Å²) >= 11 is 1.38. The molecule has 0 spiro atoms. The van der Waals surface area contributed by atoms with Crippen molar-refractivity contribution >= 4 is 17.1 Å². The summed E-state index contributed by atoms with van der Waals surface area (Å²) in [6.45, 7) is 3.76. The Morgan fingerprint density at radius 3 is 2.75 bits per heavy atom. The summed E-state index contributed by atoms with van der Waals surface area (Å²) in [6, 6.07) is 5.65. The van der Waals surface area contributed by atoms with Gasteiger partial charge in [0.15, 0.2) is 10.8 Å². The number of carbonyl (C=O) groups excluding carboxylic acids is 1. The molecule has 0 bridgehead atoms. The fraction of sp³-hybridized carbons (Fsp3) is 0.250. The van der Waals surface area contributed by atoms with Gasteiger partial charge in [-0.1, -0.05) is 19.9 Å². The lowest BCUT2D eigenvalue weighted by molar-refractivity contribution is 0.0939. The van der Waals surface area contributed by atoms with Crippen molar-refractivity contribution in [3.05, 3.63) is 34.8 Å². The Labute approximate surface area is 98.2 Å². The van der Waals surface area contributed by atoms with Crippen molar-refractivity contribution in [3.8, 4) is 11.4 Å². The number of Topliss-reactive ketones (excluding diaryl/α,β-unsaturated/α-hetero) is 1. The zero-order valence-corrected chi connectivity index (χ0v) is 9.99. The molecule has 82 valence electrons. The van der Waals surface area contributed by atoms with Crippen molar-refractivity contribution in [1.29, 1.82) is 0 Å². The second-order valence-corrected chi connectivity index (χ2v) is 4.63. The van der Waals surface area contributed by atoms with Gasteiger partial charge in [0.2, 0.25) is 0 Å². The Balaban J connectivity index is 2.30. The van der Waals surface area contributed by atoms with Crippen molar-refractivity contribution in [2.24, 2.45) is 5.92 Å². The second kappa shape index (κ2) is 4.53. The van der Waals surface area contributed by atoms with Gasteiger partial charge in [-0.05, 0) is 12.1 Å². The standard InChI is InChI=1S/C12H12N2OS/c1-8(2)11(15)12-14-10(7-16-12)9-5-3-4-6-13-9/h3-8H,1-2H3. The molecule has 0 atom stereocenters. The van der Waals surface area contributed by atoms with Gasteiger partial charge in [0.1, 0.15) is 5.69 Å². The summed E-state index contributed by atoms with van der Waals surface area (Å²) in [6.07, 6.45) is 1.72. The van der Waals surface area contributed by atoms with E-state index in [1.807, 2.05) is 37.4 Å². The molecule has 4 heteroatoms. The van der Waals surface area contributed by atoms with Crippen molar-refractivity contribution in [2.75, 3.05) is 0 Å². The topological polar surface area (TPSA) is 42.9 Å². The first-order valence-electron chi connectivity index (χ1n) is 5.09. The highest BCUT2D eigenvalue weighted by molar-refractivity contribution is 7.12. The molecule has 0 aliphatic heterocycles. The number of pyridine rings is 1. The Bertz CT molecular complexity index is 491. The van der Waals surface area contributed by atoms with E-state index < -0.39 is 0 Å². The molecular weight excluding hydrogens is 220 g/mol. The Morgan fingerprint density at radius 1 is 1.31 bits per heavy atom. The van der Waals surface area contributed by atoms with Gasteiger partial charge < -0.3 is 0 Å². The zero-order valence-electron chi connectivity index (χ0n) is 9.18. The molecule has 0 radical (unpaired) electrons.